The average Bonchev–Trinajstić information content (AvgIpc) is 2.00. The summed E-state index contributed by atoms with van der Waals surface area (Å²) in [5.41, 5.74) is 0. The molecule has 0 radical (unpaired) electrons. The maximum atomic E-state index is 10.8. The van der Waals surface area contributed by atoms with Gasteiger partial charge in [-0.2, -0.15) is 0 Å². The highest BCUT2D eigenvalue weighted by Gasteiger charge is 2.14. The van der Waals surface area contributed by atoms with E-state index in [0.29, 0.717) is 0 Å². The van der Waals surface area contributed by atoms with E-state index in [2.05, 4.69) is 4.74 Å². The van der Waals surface area contributed by atoms with Gasteiger partial charge in [0, 0.05) is 0 Å². The second kappa shape index (κ2) is 5.29. The molecule has 0 aliphatic carbocycles. The van der Waals surface area contributed by atoms with Crippen LogP contribution in [-0.2, 0) is 19.1 Å². The summed E-state index contributed by atoms with van der Waals surface area (Å²) in [5, 5.41) is 8.21. The van der Waals surface area contributed by atoms with Crippen molar-refractivity contribution in [2.24, 2.45) is 5.92 Å². The Kier molecular flexibility index (Phi) is 4.72. The Morgan fingerprint density at radius 2 is 1.77 bits per heavy atom. The topological polar surface area (TPSA) is 80.7 Å². The van der Waals surface area contributed by atoms with Gasteiger partial charge in [0.2, 0.25) is 0 Å². The van der Waals surface area contributed by atoms with Crippen molar-refractivity contribution < 1.29 is 24.2 Å². The summed E-state index contributed by atoms with van der Waals surface area (Å²) in [6.45, 7) is 3.18. The van der Waals surface area contributed by atoms with Gasteiger partial charge in [-0.3, -0.25) is 14.4 Å². The van der Waals surface area contributed by atoms with Gasteiger partial charge in [0.05, 0.1) is 18.8 Å². The number of ether oxygens (including phenoxy) is 1. The van der Waals surface area contributed by atoms with Gasteiger partial charge in [-0.05, 0) is 0 Å². The lowest BCUT2D eigenvalue weighted by molar-refractivity contribution is -0.163. The molecule has 0 saturated heterocycles. The van der Waals surface area contributed by atoms with Gasteiger partial charge in [0.25, 0.3) is 0 Å². The first-order valence-electron chi connectivity index (χ1n) is 3.89. The van der Waals surface area contributed by atoms with E-state index in [-0.39, 0.29) is 18.8 Å². The SMILES string of the molecule is CC(C)C(=O)OC(=O)CCC(=O)O. The zero-order chi connectivity index (χ0) is 10.4. The van der Waals surface area contributed by atoms with Gasteiger partial charge < -0.3 is 9.84 Å². The van der Waals surface area contributed by atoms with Crippen LogP contribution in [0.1, 0.15) is 26.7 Å². The first-order valence-corrected chi connectivity index (χ1v) is 3.89. The minimum atomic E-state index is -1.09. The number of carboxylic acids is 1. The van der Waals surface area contributed by atoms with Gasteiger partial charge in [-0.1, -0.05) is 13.8 Å². The van der Waals surface area contributed by atoms with Crippen molar-refractivity contribution in [3.63, 3.8) is 0 Å². The van der Waals surface area contributed by atoms with E-state index in [1.165, 1.54) is 0 Å². The largest absolute Gasteiger partial charge is 0.481 e. The van der Waals surface area contributed by atoms with Crippen LogP contribution >= 0.6 is 0 Å². The molecule has 0 aliphatic heterocycles. The Bertz CT molecular complexity index is 219. The van der Waals surface area contributed by atoms with Gasteiger partial charge in [-0.25, -0.2) is 0 Å². The molecule has 0 spiro atoms. The van der Waals surface area contributed by atoms with Crippen LogP contribution in [0.4, 0.5) is 0 Å². The number of hydrogen-bond acceptors (Lipinski definition) is 4. The van der Waals surface area contributed by atoms with E-state index < -0.39 is 17.9 Å². The van der Waals surface area contributed by atoms with Crippen molar-refractivity contribution in [2.75, 3.05) is 0 Å². The first-order chi connectivity index (χ1) is 5.93. The molecule has 0 atom stereocenters. The minimum Gasteiger partial charge on any atom is -0.481 e. The van der Waals surface area contributed by atoms with Crippen LogP contribution in [0, 0.1) is 5.92 Å². The van der Waals surface area contributed by atoms with E-state index >= 15 is 0 Å². The fourth-order valence-corrected chi connectivity index (χ4v) is 0.490. The fraction of sp³-hybridized carbons (Fsp3) is 0.625. The van der Waals surface area contributed by atoms with Crippen LogP contribution in [-0.4, -0.2) is 23.0 Å². The summed E-state index contributed by atoms with van der Waals surface area (Å²) < 4.78 is 4.32. The Labute approximate surface area is 75.7 Å². The average molecular weight is 188 g/mol. The molecule has 0 saturated carbocycles. The third kappa shape index (κ3) is 5.84. The molecule has 13 heavy (non-hydrogen) atoms. The highest BCUT2D eigenvalue weighted by Crippen LogP contribution is 1.99. The highest BCUT2D eigenvalue weighted by molar-refractivity contribution is 5.87. The molecule has 0 fully saturated rings. The van der Waals surface area contributed by atoms with Gasteiger partial charge >= 0.3 is 17.9 Å². The number of rotatable bonds is 4. The zero-order valence-corrected chi connectivity index (χ0v) is 7.57. The number of esters is 2. The molecular weight excluding hydrogens is 176 g/mol. The molecule has 0 aromatic carbocycles. The third-order valence-electron chi connectivity index (χ3n) is 1.23. The molecule has 0 amide bonds. The van der Waals surface area contributed by atoms with E-state index in [0.717, 1.165) is 0 Å². The molecule has 5 heteroatoms. The molecule has 0 heterocycles. The second-order valence-corrected chi connectivity index (χ2v) is 2.84. The molecule has 74 valence electrons. The second-order valence-electron chi connectivity index (χ2n) is 2.84. The standard InChI is InChI=1S/C8H12O5/c1-5(2)8(12)13-7(11)4-3-6(9)10/h5H,3-4H2,1-2H3,(H,9,10). The fourth-order valence-electron chi connectivity index (χ4n) is 0.490. The van der Waals surface area contributed by atoms with Crippen molar-refractivity contribution in [3.05, 3.63) is 0 Å². The van der Waals surface area contributed by atoms with Gasteiger partial charge in [0.15, 0.2) is 0 Å². The molecular formula is C8H12O5. The molecule has 0 bridgehead atoms. The summed E-state index contributed by atoms with van der Waals surface area (Å²) in [6, 6.07) is 0. The van der Waals surface area contributed by atoms with Crippen LogP contribution in [0.5, 0.6) is 0 Å². The molecule has 5 nitrogen and oxygen atoms in total. The zero-order valence-electron chi connectivity index (χ0n) is 7.57. The lowest BCUT2D eigenvalue weighted by Gasteiger charge is -2.03. The molecule has 0 aromatic rings. The number of carboxylic acid groups (broad SMARTS) is 1. The van der Waals surface area contributed by atoms with Gasteiger partial charge in [0.1, 0.15) is 0 Å². The van der Waals surface area contributed by atoms with E-state index in [1.807, 2.05) is 0 Å². The third-order valence-corrected chi connectivity index (χ3v) is 1.23. The summed E-state index contributed by atoms with van der Waals surface area (Å²) in [5.74, 6) is -2.89. The summed E-state index contributed by atoms with van der Waals surface area (Å²) in [7, 11) is 0. The maximum Gasteiger partial charge on any atom is 0.316 e. The molecule has 0 aromatic heterocycles. The van der Waals surface area contributed by atoms with Crippen molar-refractivity contribution in [1.29, 1.82) is 0 Å². The van der Waals surface area contributed by atoms with Crippen molar-refractivity contribution in [3.8, 4) is 0 Å². The van der Waals surface area contributed by atoms with Crippen LogP contribution in [0.15, 0.2) is 0 Å². The lowest BCUT2D eigenvalue weighted by Crippen LogP contribution is -2.17. The van der Waals surface area contributed by atoms with Crippen LogP contribution in [0.25, 0.3) is 0 Å². The van der Waals surface area contributed by atoms with Crippen molar-refractivity contribution in [2.45, 2.75) is 26.7 Å². The van der Waals surface area contributed by atoms with E-state index in [4.69, 9.17) is 5.11 Å². The van der Waals surface area contributed by atoms with E-state index in [9.17, 15) is 14.4 Å². The predicted molar refractivity (Wildman–Crippen MR) is 42.8 cm³/mol. The highest BCUT2D eigenvalue weighted by atomic mass is 16.6. The minimum absolute atomic E-state index is 0.270. The summed E-state index contributed by atoms with van der Waals surface area (Å²) in [4.78, 5) is 31.6. The molecule has 0 rings (SSSR count). The van der Waals surface area contributed by atoms with Crippen LogP contribution < -0.4 is 0 Å². The van der Waals surface area contributed by atoms with Gasteiger partial charge in [-0.15, -0.1) is 0 Å². The molecule has 0 unspecified atom stereocenters. The Hall–Kier alpha value is -1.39. The summed E-state index contributed by atoms with van der Waals surface area (Å²) >= 11 is 0. The van der Waals surface area contributed by atoms with Crippen LogP contribution in [0.3, 0.4) is 0 Å². The maximum absolute atomic E-state index is 10.8. The van der Waals surface area contributed by atoms with Crippen molar-refractivity contribution >= 4 is 17.9 Å². The Morgan fingerprint density at radius 3 is 2.15 bits per heavy atom. The number of carbonyl (C=O) groups excluding carboxylic acids is 2. The first kappa shape index (κ1) is 11.6. The quantitative estimate of drug-likeness (QED) is 0.515. The van der Waals surface area contributed by atoms with E-state index in [1.54, 1.807) is 13.8 Å². The molecule has 1 N–H and O–H groups in total. The monoisotopic (exact) mass is 188 g/mol. The van der Waals surface area contributed by atoms with Crippen LogP contribution in [0.2, 0.25) is 0 Å². The Balaban J connectivity index is 3.75. The Morgan fingerprint density at radius 1 is 1.23 bits per heavy atom. The number of carbonyl (C=O) groups is 3. The molecule has 0 aliphatic rings. The predicted octanol–water partition coefficient (Wildman–Crippen LogP) is 0.577. The summed E-state index contributed by atoms with van der Waals surface area (Å²) in [6.07, 6.45) is -0.585. The van der Waals surface area contributed by atoms with Crippen molar-refractivity contribution in [1.82, 2.24) is 0 Å². The normalized spacial score (nSPS) is 9.77. The smallest absolute Gasteiger partial charge is 0.316 e. The number of hydrogen-bond donors (Lipinski definition) is 1. The lowest BCUT2D eigenvalue weighted by atomic mass is 10.2. The number of aliphatic carboxylic acids is 1.